The lowest BCUT2D eigenvalue weighted by atomic mass is 9.96. The molecule has 1 aliphatic rings. The number of hydrogen-bond acceptors (Lipinski definition) is 4. The second kappa shape index (κ2) is 8.63. The van der Waals surface area contributed by atoms with E-state index in [1.807, 2.05) is 18.2 Å². The van der Waals surface area contributed by atoms with Gasteiger partial charge in [-0.25, -0.2) is 8.42 Å². The maximum absolute atomic E-state index is 12.7. The van der Waals surface area contributed by atoms with Crippen LogP contribution in [0.1, 0.15) is 18.5 Å². The third-order valence-corrected chi connectivity index (χ3v) is 6.90. The van der Waals surface area contributed by atoms with E-state index in [-0.39, 0.29) is 11.8 Å². The Kier molecular flexibility index (Phi) is 6.23. The quantitative estimate of drug-likeness (QED) is 0.762. The van der Waals surface area contributed by atoms with Crippen molar-refractivity contribution in [1.29, 1.82) is 0 Å². The van der Waals surface area contributed by atoms with E-state index >= 15 is 0 Å². The van der Waals surface area contributed by atoms with E-state index in [0.29, 0.717) is 43.8 Å². The second-order valence-corrected chi connectivity index (χ2v) is 8.76. The zero-order valence-corrected chi connectivity index (χ0v) is 16.3. The Balaban J connectivity index is 1.53. The molecule has 1 amide bonds. The zero-order valence-electron chi connectivity index (χ0n) is 15.5. The number of piperidine rings is 1. The van der Waals surface area contributed by atoms with Gasteiger partial charge in [-0.1, -0.05) is 24.3 Å². The highest BCUT2D eigenvalue weighted by molar-refractivity contribution is 7.89. The van der Waals surface area contributed by atoms with Crippen molar-refractivity contribution in [2.45, 2.75) is 24.2 Å². The Morgan fingerprint density at radius 1 is 1.11 bits per heavy atom. The van der Waals surface area contributed by atoms with Crippen molar-refractivity contribution in [2.24, 2.45) is 5.92 Å². The van der Waals surface area contributed by atoms with Gasteiger partial charge >= 0.3 is 0 Å². The summed E-state index contributed by atoms with van der Waals surface area (Å²) in [6.45, 7) is 1.36. The summed E-state index contributed by atoms with van der Waals surface area (Å²) in [5.41, 5.74) is 0.959. The Labute approximate surface area is 160 Å². The van der Waals surface area contributed by atoms with Gasteiger partial charge in [0, 0.05) is 50.9 Å². The summed E-state index contributed by atoms with van der Waals surface area (Å²) < 4.78 is 26.8. The maximum Gasteiger partial charge on any atom is 0.243 e. The molecule has 6 nitrogen and oxygen atoms in total. The molecule has 1 aromatic heterocycles. The predicted molar refractivity (Wildman–Crippen MR) is 104 cm³/mol. The minimum Gasteiger partial charge on any atom is -0.345 e. The van der Waals surface area contributed by atoms with Crippen LogP contribution in [0.4, 0.5) is 0 Å². The first-order chi connectivity index (χ1) is 13.0. The molecular weight excluding hydrogens is 362 g/mol. The van der Waals surface area contributed by atoms with Crippen molar-refractivity contribution in [2.75, 3.05) is 26.7 Å². The molecule has 0 aliphatic carbocycles. The predicted octanol–water partition coefficient (Wildman–Crippen LogP) is 2.18. The topological polar surface area (TPSA) is 70.6 Å². The lowest BCUT2D eigenvalue weighted by Crippen LogP contribution is -2.43. The van der Waals surface area contributed by atoms with Crippen LogP contribution in [0.15, 0.2) is 59.6 Å². The smallest absolute Gasteiger partial charge is 0.243 e. The fourth-order valence-corrected chi connectivity index (χ4v) is 4.83. The van der Waals surface area contributed by atoms with E-state index in [0.717, 1.165) is 5.69 Å². The van der Waals surface area contributed by atoms with Gasteiger partial charge in [0.1, 0.15) is 0 Å². The van der Waals surface area contributed by atoms with E-state index in [1.165, 1.54) is 4.31 Å². The molecule has 2 heterocycles. The standard InChI is InChI=1S/C20H25N3O3S/c1-22(14-12-18-7-5-6-13-21-18)20(24)17-10-15-23(16-11-17)27(25,26)19-8-3-2-4-9-19/h2-9,13,17H,10-12,14-16H2,1H3. The van der Waals surface area contributed by atoms with Crippen molar-refractivity contribution >= 4 is 15.9 Å². The number of carbonyl (C=O) groups is 1. The fraction of sp³-hybridized carbons (Fsp3) is 0.400. The minimum absolute atomic E-state index is 0.0858. The Bertz CT molecular complexity index is 849. The van der Waals surface area contributed by atoms with E-state index in [2.05, 4.69) is 4.98 Å². The van der Waals surface area contributed by atoms with Crippen molar-refractivity contribution < 1.29 is 13.2 Å². The minimum atomic E-state index is -3.48. The number of hydrogen-bond donors (Lipinski definition) is 0. The van der Waals surface area contributed by atoms with Crippen molar-refractivity contribution in [3.8, 4) is 0 Å². The van der Waals surface area contributed by atoms with Crippen LogP contribution in [0.25, 0.3) is 0 Å². The third kappa shape index (κ3) is 4.73. The number of likely N-dealkylation sites (N-methyl/N-ethyl adjacent to an activating group) is 1. The van der Waals surface area contributed by atoms with Crippen LogP contribution < -0.4 is 0 Å². The van der Waals surface area contributed by atoms with Gasteiger partial charge in [-0.05, 0) is 37.1 Å². The lowest BCUT2D eigenvalue weighted by Gasteiger charge is -2.32. The molecule has 1 aromatic carbocycles. The molecule has 144 valence electrons. The molecule has 0 atom stereocenters. The number of benzene rings is 1. The summed E-state index contributed by atoms with van der Waals surface area (Å²) >= 11 is 0. The molecule has 1 fully saturated rings. The van der Waals surface area contributed by atoms with Gasteiger partial charge in [0.2, 0.25) is 15.9 Å². The van der Waals surface area contributed by atoms with Crippen LogP contribution in [0, 0.1) is 5.92 Å². The average Bonchev–Trinajstić information content (AvgIpc) is 2.73. The number of carbonyl (C=O) groups excluding carboxylic acids is 1. The molecule has 27 heavy (non-hydrogen) atoms. The van der Waals surface area contributed by atoms with Crippen molar-refractivity contribution in [3.63, 3.8) is 0 Å². The number of aromatic nitrogens is 1. The summed E-state index contributed by atoms with van der Waals surface area (Å²) in [5.74, 6) is -0.0383. The van der Waals surface area contributed by atoms with Crippen LogP contribution in [-0.4, -0.2) is 55.2 Å². The molecule has 3 rings (SSSR count). The molecule has 7 heteroatoms. The molecule has 1 aliphatic heterocycles. The molecule has 0 radical (unpaired) electrons. The average molecular weight is 388 g/mol. The first-order valence-corrected chi connectivity index (χ1v) is 10.6. The molecule has 0 N–H and O–H groups in total. The molecule has 0 bridgehead atoms. The van der Waals surface area contributed by atoms with Gasteiger partial charge in [0.25, 0.3) is 0 Å². The highest BCUT2D eigenvalue weighted by Crippen LogP contribution is 2.24. The SMILES string of the molecule is CN(CCc1ccccn1)C(=O)C1CCN(S(=O)(=O)c2ccccc2)CC1. The molecule has 0 unspecified atom stereocenters. The number of nitrogens with zero attached hydrogens (tertiary/aromatic N) is 3. The van der Waals surface area contributed by atoms with Gasteiger partial charge in [0.15, 0.2) is 0 Å². The van der Waals surface area contributed by atoms with Crippen LogP contribution in [-0.2, 0) is 21.2 Å². The first kappa shape index (κ1) is 19.5. The van der Waals surface area contributed by atoms with E-state index in [9.17, 15) is 13.2 Å². The van der Waals surface area contributed by atoms with Gasteiger partial charge in [-0.15, -0.1) is 0 Å². The third-order valence-electron chi connectivity index (χ3n) is 4.99. The maximum atomic E-state index is 12.7. The van der Waals surface area contributed by atoms with E-state index in [4.69, 9.17) is 0 Å². The van der Waals surface area contributed by atoms with Crippen LogP contribution in [0.2, 0.25) is 0 Å². The van der Waals surface area contributed by atoms with Crippen LogP contribution >= 0.6 is 0 Å². The summed E-state index contributed by atoms with van der Waals surface area (Å²) in [5, 5.41) is 0. The molecule has 2 aromatic rings. The van der Waals surface area contributed by atoms with Crippen molar-refractivity contribution in [1.82, 2.24) is 14.2 Å². The summed E-state index contributed by atoms with van der Waals surface area (Å²) in [6, 6.07) is 14.2. The zero-order chi connectivity index (χ0) is 19.3. The summed E-state index contributed by atoms with van der Waals surface area (Å²) in [4.78, 5) is 19.0. The van der Waals surface area contributed by atoms with E-state index in [1.54, 1.807) is 48.5 Å². The molecular formula is C20H25N3O3S. The monoisotopic (exact) mass is 387 g/mol. The molecule has 1 saturated heterocycles. The molecule has 0 saturated carbocycles. The van der Waals surface area contributed by atoms with Crippen LogP contribution in [0.3, 0.4) is 0 Å². The Hall–Kier alpha value is -2.25. The van der Waals surface area contributed by atoms with E-state index < -0.39 is 10.0 Å². The number of sulfonamides is 1. The van der Waals surface area contributed by atoms with Crippen molar-refractivity contribution in [3.05, 3.63) is 60.4 Å². The highest BCUT2D eigenvalue weighted by atomic mass is 32.2. The fourth-order valence-electron chi connectivity index (χ4n) is 3.33. The van der Waals surface area contributed by atoms with Gasteiger partial charge in [0.05, 0.1) is 4.90 Å². The highest BCUT2D eigenvalue weighted by Gasteiger charge is 2.32. The molecule has 0 spiro atoms. The van der Waals surface area contributed by atoms with Gasteiger partial charge < -0.3 is 4.90 Å². The lowest BCUT2D eigenvalue weighted by molar-refractivity contribution is -0.135. The van der Waals surface area contributed by atoms with Crippen LogP contribution in [0.5, 0.6) is 0 Å². The first-order valence-electron chi connectivity index (χ1n) is 9.18. The summed E-state index contributed by atoms with van der Waals surface area (Å²) in [6.07, 6.45) is 3.57. The normalized spacial score (nSPS) is 16.2. The Morgan fingerprint density at radius 3 is 2.41 bits per heavy atom. The van der Waals surface area contributed by atoms with Gasteiger partial charge in [-0.3, -0.25) is 9.78 Å². The Morgan fingerprint density at radius 2 is 1.78 bits per heavy atom. The summed E-state index contributed by atoms with van der Waals surface area (Å²) in [7, 11) is -1.67. The number of amides is 1. The largest absolute Gasteiger partial charge is 0.345 e. The number of pyridine rings is 1. The second-order valence-electron chi connectivity index (χ2n) is 6.82. The number of rotatable bonds is 6. The van der Waals surface area contributed by atoms with Gasteiger partial charge in [-0.2, -0.15) is 4.31 Å².